The maximum absolute atomic E-state index is 12.1. The number of nitrogens with one attached hydrogen (secondary N) is 2. The Labute approximate surface area is 131 Å². The fourth-order valence-electron chi connectivity index (χ4n) is 1.70. The molecule has 0 spiro atoms. The van der Waals surface area contributed by atoms with Gasteiger partial charge in [0.25, 0.3) is 5.91 Å². The van der Waals surface area contributed by atoms with Gasteiger partial charge in [-0.1, -0.05) is 11.6 Å². The number of aromatic hydroxyl groups is 1. The maximum Gasteiger partial charge on any atom is 0.411 e. The van der Waals surface area contributed by atoms with Crippen molar-refractivity contribution in [2.24, 2.45) is 0 Å². The van der Waals surface area contributed by atoms with E-state index in [1.165, 1.54) is 25.3 Å². The van der Waals surface area contributed by atoms with Crippen molar-refractivity contribution in [2.75, 3.05) is 17.7 Å². The largest absolute Gasteiger partial charge is 0.507 e. The summed E-state index contributed by atoms with van der Waals surface area (Å²) in [6.07, 6.45) is -0.581. The fourth-order valence-corrected chi connectivity index (χ4v) is 1.87. The van der Waals surface area contributed by atoms with Crippen LogP contribution in [0.1, 0.15) is 10.4 Å². The molecule has 3 N–H and O–H groups in total. The molecule has 0 saturated carbocycles. The van der Waals surface area contributed by atoms with Crippen LogP contribution < -0.4 is 10.6 Å². The molecule has 0 aliphatic rings. The molecule has 22 heavy (non-hydrogen) atoms. The maximum atomic E-state index is 12.1. The quantitative estimate of drug-likeness (QED) is 0.808. The summed E-state index contributed by atoms with van der Waals surface area (Å²) >= 11 is 5.72. The number of benzene rings is 2. The van der Waals surface area contributed by atoms with Crippen LogP contribution in [-0.2, 0) is 4.74 Å². The van der Waals surface area contributed by atoms with Crippen LogP contribution in [0.5, 0.6) is 5.75 Å². The van der Waals surface area contributed by atoms with Gasteiger partial charge >= 0.3 is 6.09 Å². The molecule has 7 heteroatoms. The van der Waals surface area contributed by atoms with Crippen LogP contribution in [-0.4, -0.2) is 24.2 Å². The number of rotatable bonds is 3. The van der Waals surface area contributed by atoms with Gasteiger partial charge in [-0.3, -0.25) is 10.1 Å². The van der Waals surface area contributed by atoms with Gasteiger partial charge in [0, 0.05) is 16.4 Å². The Morgan fingerprint density at radius 3 is 2.18 bits per heavy atom. The van der Waals surface area contributed by atoms with Crippen molar-refractivity contribution in [1.82, 2.24) is 0 Å². The van der Waals surface area contributed by atoms with Gasteiger partial charge in [0.1, 0.15) is 5.75 Å². The summed E-state index contributed by atoms with van der Waals surface area (Å²) in [5, 5.41) is 15.2. The number of amides is 2. The summed E-state index contributed by atoms with van der Waals surface area (Å²) in [6.45, 7) is 0. The lowest BCUT2D eigenvalue weighted by atomic mass is 10.2. The molecule has 2 aromatic carbocycles. The van der Waals surface area contributed by atoms with Crippen molar-refractivity contribution in [2.45, 2.75) is 0 Å². The third-order valence-electron chi connectivity index (χ3n) is 2.78. The van der Waals surface area contributed by atoms with Crippen LogP contribution in [0.4, 0.5) is 16.2 Å². The van der Waals surface area contributed by atoms with Crippen molar-refractivity contribution in [3.8, 4) is 5.75 Å². The average Bonchev–Trinajstić information content (AvgIpc) is 2.49. The van der Waals surface area contributed by atoms with E-state index in [0.29, 0.717) is 16.4 Å². The number of phenolic OH excluding ortho intramolecular Hbond substituents is 1. The first-order valence-electron chi connectivity index (χ1n) is 6.24. The second kappa shape index (κ2) is 6.82. The van der Waals surface area contributed by atoms with Crippen LogP contribution >= 0.6 is 11.6 Å². The van der Waals surface area contributed by atoms with Crippen LogP contribution in [0.2, 0.25) is 5.02 Å². The lowest BCUT2D eigenvalue weighted by molar-refractivity contribution is 0.102. The Morgan fingerprint density at radius 1 is 1.05 bits per heavy atom. The smallest absolute Gasteiger partial charge is 0.411 e. The minimum atomic E-state index is -0.581. The molecule has 0 fully saturated rings. The minimum absolute atomic E-state index is 0.112. The lowest BCUT2D eigenvalue weighted by Crippen LogP contribution is -2.13. The van der Waals surface area contributed by atoms with Gasteiger partial charge in [-0.05, 0) is 42.5 Å². The Morgan fingerprint density at radius 2 is 1.64 bits per heavy atom. The number of carbonyl (C=O) groups is 2. The van der Waals surface area contributed by atoms with E-state index in [1.807, 2.05) is 0 Å². The van der Waals surface area contributed by atoms with Crippen molar-refractivity contribution in [3.05, 3.63) is 53.1 Å². The predicted octanol–water partition coefficient (Wildman–Crippen LogP) is 3.48. The second-order valence-corrected chi connectivity index (χ2v) is 4.75. The number of hydrogen-bond acceptors (Lipinski definition) is 4. The Bertz CT molecular complexity index is 701. The monoisotopic (exact) mass is 320 g/mol. The molecule has 0 unspecified atom stereocenters. The summed E-state index contributed by atoms with van der Waals surface area (Å²) in [4.78, 5) is 23.1. The normalized spacial score (nSPS) is 9.91. The van der Waals surface area contributed by atoms with Crippen LogP contribution in [0.15, 0.2) is 42.5 Å². The third-order valence-corrected chi connectivity index (χ3v) is 3.01. The standard InChI is InChI=1S/C15H13ClN2O4/c1-22-15(21)18-11-5-3-10(4-6-11)17-14(20)12-7-2-9(16)8-13(12)19/h2-8,19H,1H3,(H,17,20)(H,18,21). The Hall–Kier alpha value is -2.73. The molecular formula is C15H13ClN2O4. The first kappa shape index (κ1) is 15.7. The zero-order valence-electron chi connectivity index (χ0n) is 11.6. The SMILES string of the molecule is COC(=O)Nc1ccc(NC(=O)c2ccc(Cl)cc2O)cc1. The van der Waals surface area contributed by atoms with Gasteiger partial charge in [0.05, 0.1) is 12.7 Å². The van der Waals surface area contributed by atoms with E-state index < -0.39 is 12.0 Å². The molecule has 0 bridgehead atoms. The zero-order chi connectivity index (χ0) is 16.1. The molecule has 0 saturated heterocycles. The van der Waals surface area contributed by atoms with E-state index in [9.17, 15) is 14.7 Å². The van der Waals surface area contributed by atoms with Crippen LogP contribution in [0, 0.1) is 0 Å². The predicted molar refractivity (Wildman–Crippen MR) is 83.5 cm³/mol. The highest BCUT2D eigenvalue weighted by atomic mass is 35.5. The molecule has 114 valence electrons. The minimum Gasteiger partial charge on any atom is -0.507 e. The fraction of sp³-hybridized carbons (Fsp3) is 0.0667. The van der Waals surface area contributed by atoms with Crippen LogP contribution in [0.25, 0.3) is 0 Å². The number of hydrogen-bond donors (Lipinski definition) is 3. The van der Waals surface area contributed by atoms with E-state index in [0.717, 1.165) is 0 Å². The van der Waals surface area contributed by atoms with Crippen molar-refractivity contribution >= 4 is 35.0 Å². The zero-order valence-corrected chi connectivity index (χ0v) is 12.3. The Balaban J connectivity index is 2.07. The number of methoxy groups -OCH3 is 1. The molecule has 0 aliphatic heterocycles. The molecule has 6 nitrogen and oxygen atoms in total. The molecule has 0 aromatic heterocycles. The van der Waals surface area contributed by atoms with Gasteiger partial charge in [-0.15, -0.1) is 0 Å². The molecule has 0 radical (unpaired) electrons. The molecular weight excluding hydrogens is 308 g/mol. The van der Waals surface area contributed by atoms with Gasteiger partial charge in [0.2, 0.25) is 0 Å². The molecule has 2 rings (SSSR count). The summed E-state index contributed by atoms with van der Waals surface area (Å²) in [5.41, 5.74) is 1.15. The van der Waals surface area contributed by atoms with Gasteiger partial charge in [-0.2, -0.15) is 0 Å². The number of anilines is 2. The first-order valence-corrected chi connectivity index (χ1v) is 6.62. The van der Waals surface area contributed by atoms with E-state index in [4.69, 9.17) is 11.6 Å². The second-order valence-electron chi connectivity index (χ2n) is 4.31. The highest BCUT2D eigenvalue weighted by Gasteiger charge is 2.11. The summed E-state index contributed by atoms with van der Waals surface area (Å²) in [7, 11) is 1.27. The number of carbonyl (C=O) groups excluding carboxylic acids is 2. The third kappa shape index (κ3) is 3.89. The topological polar surface area (TPSA) is 87.7 Å². The van der Waals surface area contributed by atoms with Crippen LogP contribution in [0.3, 0.4) is 0 Å². The summed E-state index contributed by atoms with van der Waals surface area (Å²) in [6, 6.07) is 10.7. The van der Waals surface area contributed by atoms with Crippen molar-refractivity contribution < 1.29 is 19.4 Å². The van der Waals surface area contributed by atoms with Crippen molar-refractivity contribution in [3.63, 3.8) is 0 Å². The summed E-state index contributed by atoms with van der Waals surface area (Å²) in [5.74, 6) is -0.670. The number of phenols is 1. The molecule has 2 amide bonds. The van der Waals surface area contributed by atoms with Gasteiger partial charge in [0.15, 0.2) is 0 Å². The van der Waals surface area contributed by atoms with E-state index in [2.05, 4.69) is 15.4 Å². The first-order chi connectivity index (χ1) is 10.5. The van der Waals surface area contributed by atoms with Gasteiger partial charge in [-0.25, -0.2) is 4.79 Å². The molecule has 0 atom stereocenters. The summed E-state index contributed by atoms with van der Waals surface area (Å²) < 4.78 is 4.47. The molecule has 2 aromatic rings. The van der Waals surface area contributed by atoms with Gasteiger partial charge < -0.3 is 15.2 Å². The highest BCUT2D eigenvalue weighted by Crippen LogP contribution is 2.23. The molecule has 0 heterocycles. The van der Waals surface area contributed by atoms with E-state index in [-0.39, 0.29) is 11.3 Å². The van der Waals surface area contributed by atoms with E-state index in [1.54, 1.807) is 24.3 Å². The number of halogens is 1. The average molecular weight is 321 g/mol. The molecule has 0 aliphatic carbocycles. The lowest BCUT2D eigenvalue weighted by Gasteiger charge is -2.08. The van der Waals surface area contributed by atoms with Crippen molar-refractivity contribution in [1.29, 1.82) is 0 Å². The highest BCUT2D eigenvalue weighted by molar-refractivity contribution is 6.31. The van der Waals surface area contributed by atoms with E-state index >= 15 is 0 Å². The Kier molecular flexibility index (Phi) is 4.85. The number of ether oxygens (including phenoxy) is 1.